The Morgan fingerprint density at radius 1 is 1.47 bits per heavy atom. The van der Waals surface area contributed by atoms with Gasteiger partial charge >= 0.3 is 0 Å². The molecule has 1 heterocycles. The molecular weight excluding hydrogens is 236 g/mol. The van der Waals surface area contributed by atoms with Gasteiger partial charge in [-0.1, -0.05) is 11.6 Å². The van der Waals surface area contributed by atoms with E-state index in [1.54, 1.807) is 0 Å². The van der Waals surface area contributed by atoms with Gasteiger partial charge in [-0.05, 0) is 38.0 Å². The highest BCUT2D eigenvalue weighted by Gasteiger charge is 2.23. The molecule has 0 saturated carbocycles. The Morgan fingerprint density at radius 3 is 2.88 bits per heavy atom. The van der Waals surface area contributed by atoms with Crippen molar-refractivity contribution in [2.75, 3.05) is 24.2 Å². The predicted octanol–water partition coefficient (Wildman–Crippen LogP) is 2.93. The van der Waals surface area contributed by atoms with Crippen LogP contribution in [0.2, 0.25) is 5.02 Å². The minimum atomic E-state index is 0.299. The number of hydrogen-bond acceptors (Lipinski definition) is 3. The van der Waals surface area contributed by atoms with Crippen molar-refractivity contribution in [2.24, 2.45) is 0 Å². The standard InChI is InChI=1S/C13H19ClN2O/c1-9-3-5-11(17-9)8-16(2)13-7-10(14)4-6-12(13)15/h4,6-7,9,11H,3,5,8,15H2,1-2H3. The normalized spacial score (nSPS) is 23.9. The zero-order valence-electron chi connectivity index (χ0n) is 10.3. The molecule has 0 spiro atoms. The van der Waals surface area contributed by atoms with Gasteiger partial charge in [-0.25, -0.2) is 0 Å². The van der Waals surface area contributed by atoms with E-state index >= 15 is 0 Å². The Morgan fingerprint density at radius 2 is 2.24 bits per heavy atom. The molecule has 2 atom stereocenters. The summed E-state index contributed by atoms with van der Waals surface area (Å²) in [6.07, 6.45) is 2.94. The van der Waals surface area contributed by atoms with Gasteiger partial charge in [-0.2, -0.15) is 0 Å². The predicted molar refractivity (Wildman–Crippen MR) is 72.7 cm³/mol. The molecule has 94 valence electrons. The van der Waals surface area contributed by atoms with Crippen LogP contribution in [0.5, 0.6) is 0 Å². The molecule has 1 aromatic rings. The molecule has 0 bridgehead atoms. The van der Waals surface area contributed by atoms with Gasteiger partial charge in [-0.3, -0.25) is 0 Å². The number of nitrogens with two attached hydrogens (primary N) is 1. The van der Waals surface area contributed by atoms with E-state index < -0.39 is 0 Å². The van der Waals surface area contributed by atoms with Crippen molar-refractivity contribution < 1.29 is 4.74 Å². The largest absolute Gasteiger partial charge is 0.397 e. The lowest BCUT2D eigenvalue weighted by Crippen LogP contribution is -2.29. The van der Waals surface area contributed by atoms with E-state index in [0.29, 0.717) is 17.2 Å². The summed E-state index contributed by atoms with van der Waals surface area (Å²) in [5.41, 5.74) is 7.68. The summed E-state index contributed by atoms with van der Waals surface area (Å²) < 4.78 is 5.81. The van der Waals surface area contributed by atoms with Crippen LogP contribution in [-0.2, 0) is 4.74 Å². The highest BCUT2D eigenvalue weighted by atomic mass is 35.5. The SMILES string of the molecule is CC1CCC(CN(C)c2cc(Cl)ccc2N)O1. The van der Waals surface area contributed by atoms with Crippen molar-refractivity contribution >= 4 is 23.0 Å². The summed E-state index contributed by atoms with van der Waals surface area (Å²) in [7, 11) is 2.02. The molecule has 1 aliphatic heterocycles. The molecule has 0 radical (unpaired) electrons. The van der Waals surface area contributed by atoms with Crippen LogP contribution >= 0.6 is 11.6 Å². The summed E-state index contributed by atoms with van der Waals surface area (Å²) in [6, 6.07) is 5.55. The molecular formula is C13H19ClN2O. The summed E-state index contributed by atoms with van der Waals surface area (Å²) in [5.74, 6) is 0. The topological polar surface area (TPSA) is 38.5 Å². The van der Waals surface area contributed by atoms with Crippen molar-refractivity contribution in [1.29, 1.82) is 0 Å². The molecule has 2 unspecified atom stereocenters. The maximum atomic E-state index is 5.99. The van der Waals surface area contributed by atoms with Crippen molar-refractivity contribution in [2.45, 2.75) is 32.0 Å². The quantitative estimate of drug-likeness (QED) is 0.843. The van der Waals surface area contributed by atoms with Crippen LogP contribution in [0.1, 0.15) is 19.8 Å². The number of halogens is 1. The van der Waals surface area contributed by atoms with Gasteiger partial charge in [0.15, 0.2) is 0 Å². The fourth-order valence-electron chi connectivity index (χ4n) is 2.27. The molecule has 1 aromatic carbocycles. The number of likely N-dealkylation sites (N-methyl/N-ethyl adjacent to an activating group) is 1. The van der Waals surface area contributed by atoms with Crippen molar-refractivity contribution in [3.8, 4) is 0 Å². The first kappa shape index (κ1) is 12.5. The monoisotopic (exact) mass is 254 g/mol. The van der Waals surface area contributed by atoms with E-state index in [4.69, 9.17) is 22.1 Å². The number of rotatable bonds is 3. The number of ether oxygens (including phenoxy) is 1. The first-order chi connectivity index (χ1) is 8.06. The minimum Gasteiger partial charge on any atom is -0.397 e. The average Bonchev–Trinajstić information content (AvgIpc) is 2.67. The summed E-state index contributed by atoms with van der Waals surface area (Å²) in [4.78, 5) is 2.12. The lowest BCUT2D eigenvalue weighted by Gasteiger charge is -2.24. The van der Waals surface area contributed by atoms with Crippen molar-refractivity contribution in [3.63, 3.8) is 0 Å². The summed E-state index contributed by atoms with van der Waals surface area (Å²) in [5, 5.41) is 0.710. The molecule has 3 nitrogen and oxygen atoms in total. The number of benzene rings is 1. The van der Waals surface area contributed by atoms with Crippen molar-refractivity contribution in [3.05, 3.63) is 23.2 Å². The molecule has 0 amide bonds. The molecule has 2 rings (SSSR count). The highest BCUT2D eigenvalue weighted by Crippen LogP contribution is 2.28. The number of hydrogen-bond donors (Lipinski definition) is 1. The Balaban J connectivity index is 2.04. The highest BCUT2D eigenvalue weighted by molar-refractivity contribution is 6.31. The Kier molecular flexibility index (Phi) is 3.79. The fraction of sp³-hybridized carbons (Fsp3) is 0.538. The van der Waals surface area contributed by atoms with E-state index in [-0.39, 0.29) is 0 Å². The van der Waals surface area contributed by atoms with Crippen LogP contribution < -0.4 is 10.6 Å². The van der Waals surface area contributed by atoms with E-state index in [1.807, 2.05) is 25.2 Å². The van der Waals surface area contributed by atoms with Crippen molar-refractivity contribution in [1.82, 2.24) is 0 Å². The smallest absolute Gasteiger partial charge is 0.0754 e. The Hall–Kier alpha value is -0.930. The summed E-state index contributed by atoms with van der Waals surface area (Å²) >= 11 is 5.99. The Bertz CT molecular complexity index is 397. The zero-order valence-corrected chi connectivity index (χ0v) is 11.1. The second kappa shape index (κ2) is 5.15. The second-order valence-corrected chi connectivity index (χ2v) is 5.17. The van der Waals surface area contributed by atoms with E-state index in [0.717, 1.165) is 30.8 Å². The molecule has 0 aromatic heterocycles. The van der Waals surface area contributed by atoms with Crippen LogP contribution in [0.3, 0.4) is 0 Å². The maximum absolute atomic E-state index is 5.99. The molecule has 4 heteroatoms. The lowest BCUT2D eigenvalue weighted by molar-refractivity contribution is 0.0607. The van der Waals surface area contributed by atoms with Crippen LogP contribution in [0.25, 0.3) is 0 Å². The van der Waals surface area contributed by atoms with Gasteiger partial charge < -0.3 is 15.4 Å². The molecule has 17 heavy (non-hydrogen) atoms. The van der Waals surface area contributed by atoms with Crippen LogP contribution in [0, 0.1) is 0 Å². The van der Waals surface area contributed by atoms with Gasteiger partial charge in [0.05, 0.1) is 23.6 Å². The third kappa shape index (κ3) is 3.05. The zero-order chi connectivity index (χ0) is 12.4. The van der Waals surface area contributed by atoms with Crippen LogP contribution in [0.15, 0.2) is 18.2 Å². The minimum absolute atomic E-state index is 0.299. The molecule has 1 aliphatic rings. The van der Waals surface area contributed by atoms with E-state index in [9.17, 15) is 0 Å². The number of nitrogens with zero attached hydrogens (tertiary/aromatic N) is 1. The van der Waals surface area contributed by atoms with E-state index in [2.05, 4.69) is 11.8 Å². The second-order valence-electron chi connectivity index (χ2n) is 4.73. The van der Waals surface area contributed by atoms with Crippen LogP contribution in [-0.4, -0.2) is 25.8 Å². The maximum Gasteiger partial charge on any atom is 0.0754 e. The van der Waals surface area contributed by atoms with Gasteiger partial charge in [-0.15, -0.1) is 0 Å². The number of anilines is 2. The van der Waals surface area contributed by atoms with E-state index in [1.165, 1.54) is 0 Å². The third-order valence-corrected chi connectivity index (χ3v) is 3.44. The Labute approximate surface area is 107 Å². The lowest BCUT2D eigenvalue weighted by atomic mass is 10.2. The third-order valence-electron chi connectivity index (χ3n) is 3.20. The first-order valence-corrected chi connectivity index (χ1v) is 6.35. The van der Waals surface area contributed by atoms with Gasteiger partial charge in [0.2, 0.25) is 0 Å². The summed E-state index contributed by atoms with van der Waals surface area (Å²) in [6.45, 7) is 2.97. The van der Waals surface area contributed by atoms with Crippen LogP contribution in [0.4, 0.5) is 11.4 Å². The average molecular weight is 255 g/mol. The molecule has 1 saturated heterocycles. The van der Waals surface area contributed by atoms with Gasteiger partial charge in [0, 0.05) is 18.6 Å². The van der Waals surface area contributed by atoms with Gasteiger partial charge in [0.1, 0.15) is 0 Å². The number of nitrogen functional groups attached to an aromatic ring is 1. The molecule has 2 N–H and O–H groups in total. The molecule has 0 aliphatic carbocycles. The first-order valence-electron chi connectivity index (χ1n) is 5.98. The van der Waals surface area contributed by atoms with Gasteiger partial charge in [0.25, 0.3) is 0 Å². The fourth-order valence-corrected chi connectivity index (χ4v) is 2.44. The molecule has 1 fully saturated rings.